The molecule has 2 heterocycles. The van der Waals surface area contributed by atoms with Crippen LogP contribution in [0.1, 0.15) is 10.4 Å². The molecule has 1 aliphatic rings. The highest BCUT2D eigenvalue weighted by Crippen LogP contribution is 2.12. The minimum atomic E-state index is 0.00370. The number of rotatable bonds is 2. The fourth-order valence-corrected chi connectivity index (χ4v) is 1.60. The second-order valence-electron chi connectivity index (χ2n) is 3.49. The number of carbonyl (C=O) groups is 1. The summed E-state index contributed by atoms with van der Waals surface area (Å²) in [5.74, 6) is 0.461. The molecule has 0 radical (unpaired) electrons. The minimum Gasteiger partial charge on any atom is -0.481 e. The van der Waals surface area contributed by atoms with Crippen molar-refractivity contribution in [1.29, 1.82) is 0 Å². The van der Waals surface area contributed by atoms with Crippen LogP contribution in [0.2, 0.25) is 0 Å². The number of morpholine rings is 1. The number of amides is 1. The highest BCUT2D eigenvalue weighted by atomic mass is 16.5. The summed E-state index contributed by atoms with van der Waals surface area (Å²) >= 11 is 0. The Balaban J connectivity index is 2.12. The number of hydrogen-bond donors (Lipinski definition) is 0. The summed E-state index contributed by atoms with van der Waals surface area (Å²) in [5, 5.41) is 0. The number of carbonyl (C=O) groups excluding carboxylic acids is 1. The van der Waals surface area contributed by atoms with Crippen LogP contribution >= 0.6 is 0 Å². The number of pyridine rings is 1. The van der Waals surface area contributed by atoms with Crippen LogP contribution in [-0.2, 0) is 4.74 Å². The van der Waals surface area contributed by atoms with Gasteiger partial charge in [0, 0.05) is 30.9 Å². The zero-order chi connectivity index (χ0) is 11.4. The van der Waals surface area contributed by atoms with Crippen LogP contribution in [-0.4, -0.2) is 49.2 Å². The van der Waals surface area contributed by atoms with Gasteiger partial charge in [-0.2, -0.15) is 0 Å². The second kappa shape index (κ2) is 4.94. The Kier molecular flexibility index (Phi) is 3.36. The Hall–Kier alpha value is -1.62. The fourth-order valence-electron chi connectivity index (χ4n) is 1.60. The summed E-state index contributed by atoms with van der Waals surface area (Å²) in [7, 11) is 1.53. The molecule has 0 atom stereocenters. The third-order valence-corrected chi connectivity index (χ3v) is 2.49. The van der Waals surface area contributed by atoms with E-state index in [1.807, 2.05) is 0 Å². The van der Waals surface area contributed by atoms with Gasteiger partial charge in [-0.15, -0.1) is 0 Å². The van der Waals surface area contributed by atoms with E-state index in [0.717, 1.165) is 0 Å². The van der Waals surface area contributed by atoms with Crippen molar-refractivity contribution in [3.8, 4) is 5.88 Å². The van der Waals surface area contributed by atoms with E-state index < -0.39 is 0 Å². The topological polar surface area (TPSA) is 51.7 Å². The molecule has 5 nitrogen and oxygen atoms in total. The molecule has 86 valence electrons. The average Bonchev–Trinajstić information content (AvgIpc) is 2.39. The summed E-state index contributed by atoms with van der Waals surface area (Å²) in [5.41, 5.74) is 0.605. The third-order valence-electron chi connectivity index (χ3n) is 2.49. The normalized spacial score (nSPS) is 15.9. The molecule has 1 aliphatic heterocycles. The first-order valence-corrected chi connectivity index (χ1v) is 5.18. The molecule has 1 fully saturated rings. The van der Waals surface area contributed by atoms with Crippen molar-refractivity contribution in [2.24, 2.45) is 0 Å². The van der Waals surface area contributed by atoms with Gasteiger partial charge >= 0.3 is 0 Å². The van der Waals surface area contributed by atoms with Crippen LogP contribution < -0.4 is 4.74 Å². The molecule has 0 spiro atoms. The Morgan fingerprint density at radius 1 is 1.50 bits per heavy atom. The van der Waals surface area contributed by atoms with Crippen molar-refractivity contribution in [1.82, 2.24) is 9.88 Å². The molecule has 0 aliphatic carbocycles. The van der Waals surface area contributed by atoms with Crippen molar-refractivity contribution in [3.05, 3.63) is 23.9 Å². The van der Waals surface area contributed by atoms with E-state index in [9.17, 15) is 4.79 Å². The zero-order valence-corrected chi connectivity index (χ0v) is 9.18. The van der Waals surface area contributed by atoms with Gasteiger partial charge in [-0.3, -0.25) is 4.79 Å². The van der Waals surface area contributed by atoms with Gasteiger partial charge in [0.05, 0.1) is 20.3 Å². The predicted octanol–water partition coefficient (Wildman–Crippen LogP) is 0.563. The monoisotopic (exact) mass is 222 g/mol. The van der Waals surface area contributed by atoms with E-state index in [2.05, 4.69) is 4.98 Å². The predicted molar refractivity (Wildman–Crippen MR) is 57.5 cm³/mol. The molecular weight excluding hydrogens is 208 g/mol. The molecule has 1 amide bonds. The Labute approximate surface area is 94.0 Å². The van der Waals surface area contributed by atoms with Crippen molar-refractivity contribution < 1.29 is 14.3 Å². The summed E-state index contributed by atoms with van der Waals surface area (Å²) in [6, 6.07) is 3.35. The van der Waals surface area contributed by atoms with Gasteiger partial charge in [0.25, 0.3) is 5.91 Å². The number of nitrogens with zero attached hydrogens (tertiary/aromatic N) is 2. The lowest BCUT2D eigenvalue weighted by atomic mass is 10.2. The standard InChI is InChI=1S/C11H14N2O3/c1-15-10-8-9(2-3-12-10)11(14)13-4-6-16-7-5-13/h2-3,8H,4-7H2,1H3. The van der Waals surface area contributed by atoms with Gasteiger partial charge in [-0.05, 0) is 6.07 Å². The maximum Gasteiger partial charge on any atom is 0.254 e. The highest BCUT2D eigenvalue weighted by Gasteiger charge is 2.18. The number of aromatic nitrogens is 1. The quantitative estimate of drug-likeness (QED) is 0.733. The molecular formula is C11H14N2O3. The van der Waals surface area contributed by atoms with E-state index in [1.54, 1.807) is 23.2 Å². The SMILES string of the molecule is COc1cc(C(=O)N2CCOCC2)ccn1. The smallest absolute Gasteiger partial charge is 0.254 e. The van der Waals surface area contributed by atoms with E-state index in [0.29, 0.717) is 37.7 Å². The molecule has 1 aromatic rings. The molecule has 5 heteroatoms. The lowest BCUT2D eigenvalue weighted by Gasteiger charge is -2.26. The Morgan fingerprint density at radius 2 is 2.25 bits per heavy atom. The summed E-state index contributed by atoms with van der Waals surface area (Å²) in [4.78, 5) is 17.8. The summed E-state index contributed by atoms with van der Waals surface area (Å²) in [6.07, 6.45) is 1.58. The molecule has 1 saturated heterocycles. The third kappa shape index (κ3) is 2.30. The van der Waals surface area contributed by atoms with E-state index in [1.165, 1.54) is 7.11 Å². The molecule has 0 N–H and O–H groups in total. The Morgan fingerprint density at radius 3 is 2.94 bits per heavy atom. The minimum absolute atomic E-state index is 0.00370. The zero-order valence-electron chi connectivity index (χ0n) is 9.18. The van der Waals surface area contributed by atoms with Gasteiger partial charge in [-0.25, -0.2) is 4.98 Å². The van der Waals surface area contributed by atoms with Gasteiger partial charge in [0.1, 0.15) is 0 Å². The largest absolute Gasteiger partial charge is 0.481 e. The lowest BCUT2D eigenvalue weighted by Crippen LogP contribution is -2.40. The van der Waals surface area contributed by atoms with Crippen LogP contribution in [0.15, 0.2) is 18.3 Å². The fraction of sp³-hybridized carbons (Fsp3) is 0.455. The van der Waals surface area contributed by atoms with Gasteiger partial charge < -0.3 is 14.4 Å². The van der Waals surface area contributed by atoms with Crippen molar-refractivity contribution >= 4 is 5.91 Å². The summed E-state index contributed by atoms with van der Waals surface area (Å²) in [6.45, 7) is 2.49. The van der Waals surface area contributed by atoms with Crippen LogP contribution in [0.5, 0.6) is 5.88 Å². The highest BCUT2D eigenvalue weighted by molar-refractivity contribution is 5.94. The molecule has 0 aromatic carbocycles. The van der Waals surface area contributed by atoms with Crippen molar-refractivity contribution in [3.63, 3.8) is 0 Å². The van der Waals surface area contributed by atoms with Gasteiger partial charge in [0.2, 0.25) is 5.88 Å². The van der Waals surface area contributed by atoms with Crippen molar-refractivity contribution in [2.45, 2.75) is 0 Å². The maximum absolute atomic E-state index is 12.1. The van der Waals surface area contributed by atoms with Crippen LogP contribution in [0.4, 0.5) is 0 Å². The molecule has 0 saturated carbocycles. The first kappa shape index (κ1) is 10.9. The van der Waals surface area contributed by atoms with Gasteiger partial charge in [-0.1, -0.05) is 0 Å². The molecule has 0 bridgehead atoms. The summed E-state index contributed by atoms with van der Waals surface area (Å²) < 4.78 is 10.2. The number of methoxy groups -OCH3 is 1. The van der Waals surface area contributed by atoms with E-state index >= 15 is 0 Å². The van der Waals surface area contributed by atoms with Crippen LogP contribution in [0, 0.1) is 0 Å². The van der Waals surface area contributed by atoms with Crippen LogP contribution in [0.25, 0.3) is 0 Å². The first-order valence-electron chi connectivity index (χ1n) is 5.18. The van der Waals surface area contributed by atoms with E-state index in [4.69, 9.17) is 9.47 Å². The molecule has 2 rings (SSSR count). The van der Waals surface area contributed by atoms with E-state index in [-0.39, 0.29) is 5.91 Å². The maximum atomic E-state index is 12.1. The van der Waals surface area contributed by atoms with Crippen LogP contribution in [0.3, 0.4) is 0 Å². The molecule has 16 heavy (non-hydrogen) atoms. The van der Waals surface area contributed by atoms with Gasteiger partial charge in [0.15, 0.2) is 0 Å². The first-order chi connectivity index (χ1) is 7.81. The average molecular weight is 222 g/mol. The lowest BCUT2D eigenvalue weighted by molar-refractivity contribution is 0.0302. The number of hydrogen-bond acceptors (Lipinski definition) is 4. The number of ether oxygens (including phenoxy) is 2. The molecule has 1 aromatic heterocycles. The molecule has 0 unspecified atom stereocenters. The Bertz CT molecular complexity index is 375. The van der Waals surface area contributed by atoms with Crippen molar-refractivity contribution in [2.75, 3.05) is 33.4 Å². The second-order valence-corrected chi connectivity index (χ2v) is 3.49.